The Balaban J connectivity index is 1.70. The second-order valence-electron chi connectivity index (χ2n) is 7.71. The first kappa shape index (κ1) is 24.6. The molecule has 0 saturated carbocycles. The minimum Gasteiger partial charge on any atom is -0.486 e. The molecule has 0 saturated heterocycles. The van der Waals surface area contributed by atoms with Crippen LogP contribution in [0.4, 0.5) is 13.2 Å². The van der Waals surface area contributed by atoms with Crippen molar-refractivity contribution in [2.45, 2.75) is 46.2 Å². The smallest absolute Gasteiger partial charge is 0.416 e. The van der Waals surface area contributed by atoms with Crippen molar-refractivity contribution in [3.8, 4) is 16.3 Å². The van der Waals surface area contributed by atoms with Crippen molar-refractivity contribution in [3.63, 3.8) is 0 Å². The van der Waals surface area contributed by atoms with Gasteiger partial charge in [0.15, 0.2) is 11.6 Å². The summed E-state index contributed by atoms with van der Waals surface area (Å²) in [5.74, 6) is 0.461. The van der Waals surface area contributed by atoms with Crippen LogP contribution in [-0.4, -0.2) is 23.2 Å². The van der Waals surface area contributed by atoms with E-state index in [9.17, 15) is 22.8 Å². The van der Waals surface area contributed by atoms with Gasteiger partial charge in [0, 0.05) is 22.4 Å². The van der Waals surface area contributed by atoms with Gasteiger partial charge in [0.1, 0.15) is 17.4 Å². The van der Waals surface area contributed by atoms with Crippen molar-refractivity contribution in [3.05, 3.63) is 69.7 Å². The van der Waals surface area contributed by atoms with E-state index in [1.807, 2.05) is 13.8 Å². The minimum absolute atomic E-state index is 0.0133. The number of aromatic nitrogens is 1. The van der Waals surface area contributed by atoms with Gasteiger partial charge in [-0.05, 0) is 62.6 Å². The molecule has 33 heavy (non-hydrogen) atoms. The number of Topliss-reactive ketones (excluding diaryl/α,β-unsaturated/α-hetero) is 2. The Bertz CT molecular complexity index is 1150. The molecule has 0 spiro atoms. The maximum atomic E-state index is 12.8. The average molecular weight is 476 g/mol. The van der Waals surface area contributed by atoms with Crippen LogP contribution in [-0.2, 0) is 23.8 Å². The van der Waals surface area contributed by atoms with Gasteiger partial charge in [-0.15, -0.1) is 11.3 Å². The summed E-state index contributed by atoms with van der Waals surface area (Å²) in [6.07, 6.45) is -2.92. The van der Waals surface area contributed by atoms with Crippen LogP contribution in [0.15, 0.2) is 42.5 Å². The number of ether oxygens (including phenoxy) is 1. The maximum Gasteiger partial charge on any atom is 0.416 e. The Kier molecular flexibility index (Phi) is 7.68. The van der Waals surface area contributed by atoms with Crippen molar-refractivity contribution >= 4 is 22.9 Å². The van der Waals surface area contributed by atoms with Gasteiger partial charge in [-0.2, -0.15) is 13.2 Å². The number of hydrogen-bond acceptors (Lipinski definition) is 5. The highest BCUT2D eigenvalue weighted by atomic mass is 32.1. The highest BCUT2D eigenvalue weighted by Crippen LogP contribution is 2.33. The number of halogens is 3. The number of nitrogens with zero attached hydrogens (tertiary/aromatic N) is 1. The van der Waals surface area contributed by atoms with Crippen LogP contribution in [0.2, 0.25) is 0 Å². The molecule has 8 heteroatoms. The highest BCUT2D eigenvalue weighted by Gasteiger charge is 2.30. The highest BCUT2D eigenvalue weighted by molar-refractivity contribution is 7.15. The third-order valence-electron chi connectivity index (χ3n) is 5.08. The predicted molar refractivity (Wildman–Crippen MR) is 122 cm³/mol. The summed E-state index contributed by atoms with van der Waals surface area (Å²) < 4.78 is 43.9. The third kappa shape index (κ3) is 6.28. The first-order valence-corrected chi connectivity index (χ1v) is 11.3. The number of ketones is 2. The van der Waals surface area contributed by atoms with Crippen LogP contribution in [0.25, 0.3) is 10.6 Å². The fourth-order valence-electron chi connectivity index (χ4n) is 3.32. The van der Waals surface area contributed by atoms with Gasteiger partial charge in [-0.25, -0.2) is 4.98 Å². The van der Waals surface area contributed by atoms with Gasteiger partial charge in [0.05, 0.1) is 11.3 Å². The molecule has 0 aliphatic rings. The summed E-state index contributed by atoms with van der Waals surface area (Å²) >= 11 is 1.41. The molecule has 3 rings (SSSR count). The van der Waals surface area contributed by atoms with E-state index in [-0.39, 0.29) is 24.6 Å². The normalized spacial score (nSPS) is 11.5. The zero-order chi connectivity index (χ0) is 24.2. The van der Waals surface area contributed by atoms with Gasteiger partial charge in [0.2, 0.25) is 0 Å². The van der Waals surface area contributed by atoms with E-state index in [0.717, 1.165) is 28.3 Å². The summed E-state index contributed by atoms with van der Waals surface area (Å²) in [7, 11) is 0. The fourth-order valence-corrected chi connectivity index (χ4v) is 4.47. The number of rotatable bonds is 9. The SMILES string of the molecule is CCc1nc(-c2ccc(C(F)(F)F)cc2)sc1CCC(=O)c1ccc(OCC(C)=O)c(C)c1. The summed E-state index contributed by atoms with van der Waals surface area (Å²) in [5, 5.41) is 0.644. The lowest BCUT2D eigenvalue weighted by Gasteiger charge is -2.09. The molecule has 0 amide bonds. The van der Waals surface area contributed by atoms with Crippen molar-refractivity contribution in [1.29, 1.82) is 0 Å². The Hall–Kier alpha value is -3.00. The second kappa shape index (κ2) is 10.3. The molecular formula is C25H24F3NO3S. The molecule has 174 valence electrons. The Morgan fingerprint density at radius 2 is 1.79 bits per heavy atom. The van der Waals surface area contributed by atoms with Gasteiger partial charge in [-0.3, -0.25) is 9.59 Å². The lowest BCUT2D eigenvalue weighted by Crippen LogP contribution is -2.08. The molecule has 0 fully saturated rings. The Morgan fingerprint density at radius 1 is 1.09 bits per heavy atom. The second-order valence-corrected chi connectivity index (χ2v) is 8.80. The van der Waals surface area contributed by atoms with Crippen molar-refractivity contribution in [1.82, 2.24) is 4.98 Å². The monoisotopic (exact) mass is 475 g/mol. The number of aryl methyl sites for hydroxylation is 3. The summed E-state index contributed by atoms with van der Waals surface area (Å²) in [6.45, 7) is 5.21. The van der Waals surface area contributed by atoms with E-state index in [4.69, 9.17) is 4.74 Å². The van der Waals surface area contributed by atoms with Crippen molar-refractivity contribution in [2.75, 3.05) is 6.61 Å². The topological polar surface area (TPSA) is 56.3 Å². The Morgan fingerprint density at radius 3 is 2.36 bits per heavy atom. The quantitative estimate of drug-likeness (QED) is 0.332. The Labute approximate surface area is 194 Å². The van der Waals surface area contributed by atoms with Gasteiger partial charge in [0.25, 0.3) is 0 Å². The van der Waals surface area contributed by atoms with Crippen LogP contribution in [0.1, 0.15) is 52.3 Å². The molecule has 0 radical (unpaired) electrons. The summed E-state index contributed by atoms with van der Waals surface area (Å²) in [6, 6.07) is 10.1. The standard InChI is InChI=1S/C25H24F3NO3S/c1-4-20-23(33-24(29-20)17-5-8-19(9-6-17)25(26,27)28)12-10-21(31)18-7-11-22(15(2)13-18)32-14-16(3)30/h5-9,11,13H,4,10,12,14H2,1-3H3. The molecule has 3 aromatic rings. The maximum absolute atomic E-state index is 12.8. The number of carbonyl (C=O) groups excluding carboxylic acids is 2. The number of hydrogen-bond donors (Lipinski definition) is 0. The van der Waals surface area contributed by atoms with E-state index in [0.29, 0.717) is 34.7 Å². The predicted octanol–water partition coefficient (Wildman–Crippen LogP) is 6.48. The molecule has 1 heterocycles. The number of benzene rings is 2. The van der Waals surface area contributed by atoms with E-state index in [1.165, 1.54) is 30.4 Å². The first-order chi connectivity index (χ1) is 15.6. The van der Waals surface area contributed by atoms with Crippen LogP contribution >= 0.6 is 11.3 Å². The van der Waals surface area contributed by atoms with E-state index in [2.05, 4.69) is 4.98 Å². The molecular weight excluding hydrogens is 451 g/mol. The summed E-state index contributed by atoms with van der Waals surface area (Å²) in [4.78, 5) is 29.4. The van der Waals surface area contributed by atoms with E-state index in [1.54, 1.807) is 18.2 Å². The molecule has 4 nitrogen and oxygen atoms in total. The van der Waals surface area contributed by atoms with Gasteiger partial charge in [-0.1, -0.05) is 19.1 Å². The molecule has 0 aliphatic heterocycles. The van der Waals surface area contributed by atoms with E-state index >= 15 is 0 Å². The lowest BCUT2D eigenvalue weighted by atomic mass is 10.0. The fraction of sp³-hybridized carbons (Fsp3) is 0.320. The van der Waals surface area contributed by atoms with E-state index < -0.39 is 11.7 Å². The van der Waals surface area contributed by atoms with Gasteiger partial charge < -0.3 is 4.74 Å². The minimum atomic E-state index is -4.38. The molecule has 0 atom stereocenters. The third-order valence-corrected chi connectivity index (χ3v) is 6.29. The number of carbonyl (C=O) groups is 2. The summed E-state index contributed by atoms with van der Waals surface area (Å²) in [5.41, 5.74) is 2.12. The zero-order valence-electron chi connectivity index (χ0n) is 18.6. The molecule has 0 aliphatic carbocycles. The molecule has 1 aromatic heterocycles. The van der Waals surface area contributed by atoms with Crippen LogP contribution in [0.3, 0.4) is 0 Å². The van der Waals surface area contributed by atoms with Crippen LogP contribution in [0, 0.1) is 6.92 Å². The van der Waals surface area contributed by atoms with Crippen molar-refractivity contribution in [2.24, 2.45) is 0 Å². The molecule has 0 N–H and O–H groups in total. The van der Waals surface area contributed by atoms with Crippen LogP contribution in [0.5, 0.6) is 5.75 Å². The van der Waals surface area contributed by atoms with Crippen molar-refractivity contribution < 1.29 is 27.5 Å². The molecule has 0 bridgehead atoms. The average Bonchev–Trinajstić information content (AvgIpc) is 3.19. The first-order valence-electron chi connectivity index (χ1n) is 10.5. The largest absolute Gasteiger partial charge is 0.486 e. The molecule has 2 aromatic carbocycles. The zero-order valence-corrected chi connectivity index (χ0v) is 19.4. The lowest BCUT2D eigenvalue weighted by molar-refractivity contribution is -0.137. The number of alkyl halides is 3. The number of thiazole rings is 1. The van der Waals surface area contributed by atoms with Gasteiger partial charge >= 0.3 is 6.18 Å². The van der Waals surface area contributed by atoms with Crippen LogP contribution < -0.4 is 4.74 Å². The molecule has 0 unspecified atom stereocenters.